The predicted octanol–water partition coefficient (Wildman–Crippen LogP) is -0.177. The molecule has 2 saturated heterocycles. The summed E-state index contributed by atoms with van der Waals surface area (Å²) in [6.45, 7) is 7.22. The van der Waals surface area contributed by atoms with Crippen LogP contribution < -0.4 is 10.6 Å². The fourth-order valence-corrected chi connectivity index (χ4v) is 2.62. The third kappa shape index (κ3) is 3.43. The van der Waals surface area contributed by atoms with Gasteiger partial charge in [0.05, 0.1) is 12.7 Å². The first-order valence-corrected chi connectivity index (χ1v) is 6.89. The molecule has 18 heavy (non-hydrogen) atoms. The van der Waals surface area contributed by atoms with Crippen LogP contribution in [-0.4, -0.2) is 63.3 Å². The molecule has 0 aromatic heterocycles. The lowest BCUT2D eigenvalue weighted by atomic mass is 9.80. The lowest BCUT2D eigenvalue weighted by Gasteiger charge is -2.34. The van der Waals surface area contributed by atoms with Crippen LogP contribution in [-0.2, 0) is 9.53 Å². The van der Waals surface area contributed by atoms with Crippen molar-refractivity contribution in [2.75, 3.05) is 46.4 Å². The molecule has 0 radical (unpaired) electrons. The van der Waals surface area contributed by atoms with Gasteiger partial charge in [0.25, 0.3) is 0 Å². The smallest absolute Gasteiger partial charge is 0.226 e. The van der Waals surface area contributed by atoms with Crippen molar-refractivity contribution in [3.05, 3.63) is 0 Å². The quantitative estimate of drug-likeness (QED) is 0.735. The number of hydrogen-bond donors (Lipinski definition) is 2. The van der Waals surface area contributed by atoms with Crippen LogP contribution in [0.3, 0.4) is 0 Å². The van der Waals surface area contributed by atoms with Crippen molar-refractivity contribution in [2.24, 2.45) is 5.41 Å². The van der Waals surface area contributed by atoms with E-state index >= 15 is 0 Å². The van der Waals surface area contributed by atoms with Gasteiger partial charge in [0, 0.05) is 25.0 Å². The number of amides is 1. The Labute approximate surface area is 109 Å². The summed E-state index contributed by atoms with van der Waals surface area (Å²) in [4.78, 5) is 14.5. The van der Waals surface area contributed by atoms with Gasteiger partial charge in [-0.2, -0.15) is 0 Å². The SMILES string of the molecule is CN1CCOC(CNC(=O)C2(C)CCNCC2)C1. The lowest BCUT2D eigenvalue weighted by molar-refractivity contribution is -0.132. The summed E-state index contributed by atoms with van der Waals surface area (Å²) in [5, 5.41) is 6.36. The number of rotatable bonds is 3. The number of piperidine rings is 1. The molecule has 1 unspecified atom stereocenters. The third-order valence-corrected chi connectivity index (χ3v) is 4.09. The molecular formula is C13H25N3O2. The average molecular weight is 255 g/mol. The molecule has 0 spiro atoms. The normalized spacial score (nSPS) is 28.9. The van der Waals surface area contributed by atoms with Crippen LogP contribution in [0.5, 0.6) is 0 Å². The van der Waals surface area contributed by atoms with E-state index in [4.69, 9.17) is 4.74 Å². The van der Waals surface area contributed by atoms with Crippen LogP contribution in [0.25, 0.3) is 0 Å². The summed E-state index contributed by atoms with van der Waals surface area (Å²) >= 11 is 0. The van der Waals surface area contributed by atoms with E-state index in [1.165, 1.54) is 0 Å². The fourth-order valence-electron chi connectivity index (χ4n) is 2.62. The number of morpholine rings is 1. The fraction of sp³-hybridized carbons (Fsp3) is 0.923. The molecule has 0 aliphatic carbocycles. The highest BCUT2D eigenvalue weighted by molar-refractivity contribution is 5.82. The van der Waals surface area contributed by atoms with Crippen LogP contribution in [0, 0.1) is 5.41 Å². The predicted molar refractivity (Wildman–Crippen MR) is 70.5 cm³/mol. The average Bonchev–Trinajstić information content (AvgIpc) is 2.37. The third-order valence-electron chi connectivity index (χ3n) is 4.09. The minimum atomic E-state index is -0.203. The van der Waals surface area contributed by atoms with Gasteiger partial charge in [0.2, 0.25) is 5.91 Å². The van der Waals surface area contributed by atoms with E-state index in [1.54, 1.807) is 0 Å². The van der Waals surface area contributed by atoms with Crippen LogP contribution in [0.1, 0.15) is 19.8 Å². The first-order valence-electron chi connectivity index (χ1n) is 6.89. The summed E-state index contributed by atoms with van der Waals surface area (Å²) in [7, 11) is 2.09. The Morgan fingerprint density at radius 2 is 2.22 bits per heavy atom. The van der Waals surface area contributed by atoms with Crippen molar-refractivity contribution < 1.29 is 9.53 Å². The molecule has 2 N–H and O–H groups in total. The van der Waals surface area contributed by atoms with E-state index in [0.29, 0.717) is 6.54 Å². The molecule has 0 saturated carbocycles. The van der Waals surface area contributed by atoms with Crippen molar-refractivity contribution in [1.82, 2.24) is 15.5 Å². The van der Waals surface area contributed by atoms with Gasteiger partial charge in [-0.05, 0) is 33.0 Å². The first-order chi connectivity index (χ1) is 8.60. The number of nitrogens with one attached hydrogen (secondary N) is 2. The minimum absolute atomic E-state index is 0.137. The molecule has 2 aliphatic heterocycles. The zero-order valence-corrected chi connectivity index (χ0v) is 11.5. The number of nitrogens with zero attached hydrogens (tertiary/aromatic N) is 1. The Kier molecular flexibility index (Phi) is 4.59. The second-order valence-corrected chi connectivity index (χ2v) is 5.78. The second kappa shape index (κ2) is 5.99. The van der Waals surface area contributed by atoms with Crippen molar-refractivity contribution in [1.29, 1.82) is 0 Å². The highest BCUT2D eigenvalue weighted by Crippen LogP contribution is 2.27. The second-order valence-electron chi connectivity index (χ2n) is 5.78. The van der Waals surface area contributed by atoms with E-state index in [1.807, 2.05) is 0 Å². The van der Waals surface area contributed by atoms with E-state index < -0.39 is 0 Å². The largest absolute Gasteiger partial charge is 0.374 e. The van der Waals surface area contributed by atoms with Gasteiger partial charge in [-0.25, -0.2) is 0 Å². The number of carbonyl (C=O) groups excluding carboxylic acids is 1. The molecule has 1 atom stereocenters. The van der Waals surface area contributed by atoms with Crippen LogP contribution >= 0.6 is 0 Å². The molecule has 2 heterocycles. The Hall–Kier alpha value is -0.650. The van der Waals surface area contributed by atoms with Crippen molar-refractivity contribution in [2.45, 2.75) is 25.9 Å². The molecule has 0 aromatic rings. The molecule has 1 amide bonds. The van der Waals surface area contributed by atoms with Crippen molar-refractivity contribution >= 4 is 5.91 Å². The highest BCUT2D eigenvalue weighted by atomic mass is 16.5. The van der Waals surface area contributed by atoms with Gasteiger partial charge < -0.3 is 20.3 Å². The maximum absolute atomic E-state index is 12.2. The van der Waals surface area contributed by atoms with Crippen LogP contribution in [0.2, 0.25) is 0 Å². The van der Waals surface area contributed by atoms with Crippen molar-refractivity contribution in [3.8, 4) is 0 Å². The molecular weight excluding hydrogens is 230 g/mol. The number of likely N-dealkylation sites (N-methyl/N-ethyl adjacent to an activating group) is 1. The molecule has 2 fully saturated rings. The maximum Gasteiger partial charge on any atom is 0.226 e. The van der Waals surface area contributed by atoms with Crippen LogP contribution in [0.4, 0.5) is 0 Å². The van der Waals surface area contributed by atoms with Gasteiger partial charge in [0.1, 0.15) is 0 Å². The Bertz CT molecular complexity index is 290. The van der Waals surface area contributed by atoms with Gasteiger partial charge in [0.15, 0.2) is 0 Å². The topological polar surface area (TPSA) is 53.6 Å². The Morgan fingerprint density at radius 3 is 2.89 bits per heavy atom. The minimum Gasteiger partial charge on any atom is -0.374 e. The summed E-state index contributed by atoms with van der Waals surface area (Å²) in [5.41, 5.74) is -0.203. The van der Waals surface area contributed by atoms with Gasteiger partial charge in [-0.3, -0.25) is 4.79 Å². The van der Waals surface area contributed by atoms with E-state index in [9.17, 15) is 4.79 Å². The summed E-state index contributed by atoms with van der Waals surface area (Å²) in [5.74, 6) is 0.181. The monoisotopic (exact) mass is 255 g/mol. The molecule has 0 bridgehead atoms. The first kappa shape index (κ1) is 13.8. The molecule has 2 aliphatic rings. The van der Waals surface area contributed by atoms with E-state index in [2.05, 4.69) is 29.5 Å². The highest BCUT2D eigenvalue weighted by Gasteiger charge is 2.34. The Balaban J connectivity index is 1.76. The van der Waals surface area contributed by atoms with Crippen molar-refractivity contribution in [3.63, 3.8) is 0 Å². The zero-order valence-electron chi connectivity index (χ0n) is 11.5. The summed E-state index contributed by atoms with van der Waals surface area (Å²) < 4.78 is 5.65. The summed E-state index contributed by atoms with van der Waals surface area (Å²) in [6.07, 6.45) is 1.98. The number of ether oxygens (including phenoxy) is 1. The lowest BCUT2D eigenvalue weighted by Crippen LogP contribution is -2.50. The van der Waals surface area contributed by atoms with E-state index in [-0.39, 0.29) is 17.4 Å². The zero-order chi connectivity index (χ0) is 13.0. The maximum atomic E-state index is 12.2. The number of carbonyl (C=O) groups is 1. The van der Waals surface area contributed by atoms with Crippen LogP contribution in [0.15, 0.2) is 0 Å². The summed E-state index contributed by atoms with van der Waals surface area (Å²) in [6, 6.07) is 0. The van der Waals surface area contributed by atoms with Gasteiger partial charge >= 0.3 is 0 Å². The standard InChI is InChI=1S/C13H25N3O2/c1-13(3-5-14-6-4-13)12(17)15-9-11-10-16(2)7-8-18-11/h11,14H,3-10H2,1-2H3,(H,15,17). The molecule has 0 aromatic carbocycles. The molecule has 104 valence electrons. The van der Waals surface area contributed by atoms with E-state index in [0.717, 1.165) is 45.6 Å². The Morgan fingerprint density at radius 1 is 1.50 bits per heavy atom. The molecule has 5 nitrogen and oxygen atoms in total. The van der Waals surface area contributed by atoms with Gasteiger partial charge in [-0.15, -0.1) is 0 Å². The molecule has 2 rings (SSSR count). The number of hydrogen-bond acceptors (Lipinski definition) is 4. The molecule has 5 heteroatoms. The van der Waals surface area contributed by atoms with Gasteiger partial charge in [-0.1, -0.05) is 6.92 Å².